The van der Waals surface area contributed by atoms with Crippen LogP contribution in [-0.4, -0.2) is 47.8 Å². The van der Waals surface area contributed by atoms with Crippen LogP contribution in [0.15, 0.2) is 0 Å². The zero-order valence-electron chi connectivity index (χ0n) is 10.5. The van der Waals surface area contributed by atoms with Gasteiger partial charge in [0, 0.05) is 6.54 Å². The molecule has 16 heavy (non-hydrogen) atoms. The fourth-order valence-electron chi connectivity index (χ4n) is 2.17. The molecule has 0 radical (unpaired) electrons. The quantitative estimate of drug-likeness (QED) is 0.732. The van der Waals surface area contributed by atoms with Crippen molar-refractivity contribution in [2.75, 3.05) is 19.7 Å². The number of rotatable bonds is 4. The van der Waals surface area contributed by atoms with E-state index in [2.05, 4.69) is 0 Å². The Balaban J connectivity index is 2.56. The number of carbonyl (C=O) groups excluding carboxylic acids is 1. The number of β-amino-alcohol motifs (C(OH)–C–C–N with tert-alkyl or cyclic N) is 1. The second kappa shape index (κ2) is 6.21. The first-order valence-corrected chi connectivity index (χ1v) is 6.18. The summed E-state index contributed by atoms with van der Waals surface area (Å²) >= 11 is 0. The van der Waals surface area contributed by atoms with Gasteiger partial charge in [0.2, 0.25) is 0 Å². The van der Waals surface area contributed by atoms with E-state index in [0.29, 0.717) is 19.1 Å². The summed E-state index contributed by atoms with van der Waals surface area (Å²) in [5.74, 6) is 0.169. The molecule has 3 atom stereocenters. The lowest BCUT2D eigenvalue weighted by Gasteiger charge is -2.37. The molecule has 1 aliphatic rings. The fraction of sp³-hybridized carbons (Fsp3) is 0.917. The third kappa shape index (κ3) is 3.19. The molecule has 0 saturated carbocycles. The molecule has 4 heteroatoms. The van der Waals surface area contributed by atoms with Crippen LogP contribution in [0, 0.1) is 5.92 Å². The van der Waals surface area contributed by atoms with E-state index in [0.717, 1.165) is 19.4 Å². The van der Waals surface area contributed by atoms with Gasteiger partial charge < -0.3 is 9.84 Å². The Hall–Kier alpha value is -0.610. The third-order valence-electron chi connectivity index (χ3n) is 3.34. The second-order valence-electron chi connectivity index (χ2n) is 4.50. The Morgan fingerprint density at radius 2 is 2.25 bits per heavy atom. The maximum atomic E-state index is 11.7. The summed E-state index contributed by atoms with van der Waals surface area (Å²) < 4.78 is 5.05. The van der Waals surface area contributed by atoms with E-state index in [-0.39, 0.29) is 18.1 Å². The summed E-state index contributed by atoms with van der Waals surface area (Å²) in [7, 11) is 0. The SMILES string of the molecule is CCOC(=O)C(CC)N1CCC(C)C(O)C1. The van der Waals surface area contributed by atoms with Gasteiger partial charge in [-0.2, -0.15) is 0 Å². The van der Waals surface area contributed by atoms with Crippen LogP contribution in [0.5, 0.6) is 0 Å². The standard InChI is InChI=1S/C12H23NO3/c1-4-10(12(15)16-5-2)13-7-6-9(3)11(14)8-13/h9-11,14H,4-8H2,1-3H3. The Labute approximate surface area is 97.6 Å². The first-order valence-electron chi connectivity index (χ1n) is 6.18. The molecule has 1 aliphatic heterocycles. The predicted molar refractivity (Wildman–Crippen MR) is 62.1 cm³/mol. The molecule has 0 spiro atoms. The highest BCUT2D eigenvalue weighted by atomic mass is 16.5. The van der Waals surface area contributed by atoms with Crippen molar-refractivity contribution in [3.05, 3.63) is 0 Å². The zero-order valence-corrected chi connectivity index (χ0v) is 10.5. The Morgan fingerprint density at radius 3 is 2.75 bits per heavy atom. The lowest BCUT2D eigenvalue weighted by atomic mass is 9.94. The van der Waals surface area contributed by atoms with Crippen LogP contribution in [-0.2, 0) is 9.53 Å². The minimum absolute atomic E-state index is 0.160. The number of hydrogen-bond donors (Lipinski definition) is 1. The van der Waals surface area contributed by atoms with Crippen molar-refractivity contribution in [1.29, 1.82) is 0 Å². The van der Waals surface area contributed by atoms with Crippen LogP contribution in [0.1, 0.15) is 33.6 Å². The third-order valence-corrected chi connectivity index (χ3v) is 3.34. The summed E-state index contributed by atoms with van der Waals surface area (Å²) in [4.78, 5) is 13.8. The number of nitrogens with zero attached hydrogens (tertiary/aromatic N) is 1. The molecule has 1 saturated heterocycles. The number of aliphatic hydroxyl groups excluding tert-OH is 1. The minimum Gasteiger partial charge on any atom is -0.465 e. The van der Waals surface area contributed by atoms with E-state index < -0.39 is 0 Å². The van der Waals surface area contributed by atoms with Crippen molar-refractivity contribution in [2.45, 2.75) is 45.8 Å². The molecular weight excluding hydrogens is 206 g/mol. The molecule has 0 bridgehead atoms. The summed E-state index contributed by atoms with van der Waals surface area (Å²) in [6.45, 7) is 7.72. The van der Waals surface area contributed by atoms with E-state index >= 15 is 0 Å². The van der Waals surface area contributed by atoms with E-state index in [1.807, 2.05) is 25.7 Å². The van der Waals surface area contributed by atoms with Crippen molar-refractivity contribution in [2.24, 2.45) is 5.92 Å². The van der Waals surface area contributed by atoms with Gasteiger partial charge >= 0.3 is 5.97 Å². The van der Waals surface area contributed by atoms with Gasteiger partial charge in [-0.1, -0.05) is 13.8 Å². The minimum atomic E-state index is -0.322. The Bertz CT molecular complexity index is 232. The molecule has 3 unspecified atom stereocenters. The number of piperidine rings is 1. The van der Waals surface area contributed by atoms with Crippen LogP contribution >= 0.6 is 0 Å². The molecule has 1 rings (SSSR count). The monoisotopic (exact) mass is 229 g/mol. The van der Waals surface area contributed by atoms with Crippen molar-refractivity contribution in [3.63, 3.8) is 0 Å². The molecule has 0 aliphatic carbocycles. The van der Waals surface area contributed by atoms with Gasteiger partial charge in [-0.15, -0.1) is 0 Å². The molecule has 94 valence electrons. The number of hydrogen-bond acceptors (Lipinski definition) is 4. The molecule has 4 nitrogen and oxygen atoms in total. The first-order chi connectivity index (χ1) is 7.60. The number of carbonyl (C=O) groups is 1. The number of esters is 1. The fourth-order valence-corrected chi connectivity index (χ4v) is 2.17. The molecule has 0 aromatic rings. The van der Waals surface area contributed by atoms with Gasteiger partial charge in [0.05, 0.1) is 12.7 Å². The first kappa shape index (κ1) is 13.5. The van der Waals surface area contributed by atoms with E-state index in [1.54, 1.807) is 0 Å². The normalized spacial score (nSPS) is 28.8. The lowest BCUT2D eigenvalue weighted by molar-refractivity contribution is -0.151. The van der Waals surface area contributed by atoms with Crippen molar-refractivity contribution in [3.8, 4) is 0 Å². The Morgan fingerprint density at radius 1 is 1.56 bits per heavy atom. The number of ether oxygens (including phenoxy) is 1. The molecule has 1 heterocycles. The van der Waals surface area contributed by atoms with Crippen molar-refractivity contribution < 1.29 is 14.6 Å². The van der Waals surface area contributed by atoms with Crippen molar-refractivity contribution in [1.82, 2.24) is 4.90 Å². The average Bonchev–Trinajstić information content (AvgIpc) is 2.25. The predicted octanol–water partition coefficient (Wildman–Crippen LogP) is 1.03. The highest BCUT2D eigenvalue weighted by Crippen LogP contribution is 2.20. The maximum absolute atomic E-state index is 11.7. The van der Waals surface area contributed by atoms with Gasteiger partial charge in [-0.05, 0) is 32.2 Å². The van der Waals surface area contributed by atoms with Gasteiger partial charge in [0.1, 0.15) is 6.04 Å². The molecular formula is C12H23NO3. The van der Waals surface area contributed by atoms with Gasteiger partial charge in [0.25, 0.3) is 0 Å². The molecule has 0 aromatic heterocycles. The van der Waals surface area contributed by atoms with E-state index in [4.69, 9.17) is 4.74 Å². The van der Waals surface area contributed by atoms with Crippen molar-refractivity contribution >= 4 is 5.97 Å². The molecule has 1 fully saturated rings. The van der Waals surface area contributed by atoms with Gasteiger partial charge in [-0.25, -0.2) is 0 Å². The van der Waals surface area contributed by atoms with Crippen LogP contribution in [0.25, 0.3) is 0 Å². The molecule has 0 aromatic carbocycles. The smallest absolute Gasteiger partial charge is 0.323 e. The van der Waals surface area contributed by atoms with Crippen LogP contribution in [0.2, 0.25) is 0 Å². The average molecular weight is 229 g/mol. The lowest BCUT2D eigenvalue weighted by Crippen LogP contribution is -2.50. The van der Waals surface area contributed by atoms with E-state index in [9.17, 15) is 9.90 Å². The largest absolute Gasteiger partial charge is 0.465 e. The molecule has 0 amide bonds. The number of likely N-dealkylation sites (tertiary alicyclic amines) is 1. The summed E-state index contributed by atoms with van der Waals surface area (Å²) in [5.41, 5.74) is 0. The summed E-state index contributed by atoms with van der Waals surface area (Å²) in [5, 5.41) is 9.81. The Kier molecular flexibility index (Phi) is 5.22. The number of aliphatic hydroxyl groups is 1. The van der Waals surface area contributed by atoms with Gasteiger partial charge in [0.15, 0.2) is 0 Å². The highest BCUT2D eigenvalue weighted by Gasteiger charge is 2.32. The maximum Gasteiger partial charge on any atom is 0.323 e. The van der Waals surface area contributed by atoms with Crippen LogP contribution in [0.3, 0.4) is 0 Å². The topological polar surface area (TPSA) is 49.8 Å². The zero-order chi connectivity index (χ0) is 12.1. The van der Waals surface area contributed by atoms with Gasteiger partial charge in [-0.3, -0.25) is 9.69 Å². The van der Waals surface area contributed by atoms with Crippen LogP contribution < -0.4 is 0 Å². The second-order valence-corrected chi connectivity index (χ2v) is 4.50. The van der Waals surface area contributed by atoms with Crippen LogP contribution in [0.4, 0.5) is 0 Å². The van der Waals surface area contributed by atoms with E-state index in [1.165, 1.54) is 0 Å². The summed E-state index contributed by atoms with van der Waals surface area (Å²) in [6.07, 6.45) is 1.36. The highest BCUT2D eigenvalue weighted by molar-refractivity contribution is 5.75. The summed E-state index contributed by atoms with van der Waals surface area (Å²) in [6, 6.07) is -0.193. The molecule has 1 N–H and O–H groups in total.